The summed E-state index contributed by atoms with van der Waals surface area (Å²) in [5, 5.41) is 8.73. The minimum absolute atomic E-state index is 0.348. The van der Waals surface area contributed by atoms with E-state index >= 15 is 0 Å². The van der Waals surface area contributed by atoms with Crippen molar-refractivity contribution < 1.29 is 14.6 Å². The van der Waals surface area contributed by atoms with Crippen LogP contribution in [0.1, 0.15) is 0 Å². The Morgan fingerprint density at radius 1 is 1.43 bits per heavy atom. The molecule has 0 radical (unpaired) electrons. The molecule has 4 nitrogen and oxygen atoms in total. The summed E-state index contributed by atoms with van der Waals surface area (Å²) in [6.07, 6.45) is -0.699. The van der Waals surface area contributed by atoms with Crippen LogP contribution in [0.4, 0.5) is 5.69 Å². The number of carboxylic acid groups (broad SMARTS) is 1. The van der Waals surface area contributed by atoms with Gasteiger partial charge in [0.15, 0.2) is 6.10 Å². The van der Waals surface area contributed by atoms with Gasteiger partial charge >= 0.3 is 5.97 Å². The van der Waals surface area contributed by atoms with E-state index < -0.39 is 12.1 Å². The van der Waals surface area contributed by atoms with E-state index in [9.17, 15) is 4.79 Å². The number of benzene rings is 1. The monoisotopic (exact) mass is 193 g/mol. The molecule has 1 aromatic rings. The first-order chi connectivity index (χ1) is 6.77. The molecule has 1 saturated heterocycles. The maximum absolute atomic E-state index is 10.6. The quantitative estimate of drug-likeness (QED) is 0.759. The standard InChI is InChI=1S/C10H11NO3/c12-10(13)9-6-11(7-14-9)8-4-2-1-3-5-8/h1-5,9H,6-7H2,(H,12,13)/t9-/m0/s1. The molecular weight excluding hydrogens is 182 g/mol. The Balaban J connectivity index is 2.06. The van der Waals surface area contributed by atoms with Crippen LogP contribution in [-0.2, 0) is 9.53 Å². The van der Waals surface area contributed by atoms with Crippen LogP contribution in [0.3, 0.4) is 0 Å². The number of para-hydroxylation sites is 1. The molecule has 0 aliphatic carbocycles. The highest BCUT2D eigenvalue weighted by Gasteiger charge is 2.28. The Morgan fingerprint density at radius 3 is 2.71 bits per heavy atom. The van der Waals surface area contributed by atoms with Crippen molar-refractivity contribution in [2.75, 3.05) is 18.2 Å². The lowest BCUT2D eigenvalue weighted by atomic mass is 10.3. The van der Waals surface area contributed by atoms with Gasteiger partial charge in [-0.25, -0.2) is 4.79 Å². The molecule has 1 fully saturated rings. The first-order valence-corrected chi connectivity index (χ1v) is 4.42. The average molecular weight is 193 g/mol. The molecule has 0 bridgehead atoms. The van der Waals surface area contributed by atoms with Crippen LogP contribution in [0.5, 0.6) is 0 Å². The molecule has 14 heavy (non-hydrogen) atoms. The predicted octanol–water partition coefficient (Wildman–Crippen LogP) is 0.934. The van der Waals surface area contributed by atoms with E-state index in [0.29, 0.717) is 13.3 Å². The van der Waals surface area contributed by atoms with Crippen molar-refractivity contribution >= 4 is 11.7 Å². The highest BCUT2D eigenvalue weighted by molar-refractivity contribution is 5.74. The molecule has 1 aliphatic heterocycles. The van der Waals surface area contributed by atoms with E-state index in [4.69, 9.17) is 9.84 Å². The lowest BCUT2D eigenvalue weighted by Crippen LogP contribution is -2.26. The lowest BCUT2D eigenvalue weighted by molar-refractivity contribution is -0.146. The van der Waals surface area contributed by atoms with E-state index in [-0.39, 0.29) is 0 Å². The number of rotatable bonds is 2. The highest BCUT2D eigenvalue weighted by Crippen LogP contribution is 2.18. The van der Waals surface area contributed by atoms with E-state index in [1.54, 1.807) is 0 Å². The number of ether oxygens (including phenoxy) is 1. The van der Waals surface area contributed by atoms with Crippen LogP contribution < -0.4 is 4.90 Å². The second kappa shape index (κ2) is 3.67. The molecule has 2 rings (SSSR count). The summed E-state index contributed by atoms with van der Waals surface area (Å²) in [5.41, 5.74) is 0.997. The van der Waals surface area contributed by atoms with Gasteiger partial charge in [-0.15, -0.1) is 0 Å². The fourth-order valence-electron chi connectivity index (χ4n) is 1.45. The first-order valence-electron chi connectivity index (χ1n) is 4.42. The largest absolute Gasteiger partial charge is 0.479 e. The number of aliphatic carboxylic acids is 1. The molecule has 1 aromatic carbocycles. The number of anilines is 1. The summed E-state index contributed by atoms with van der Waals surface area (Å²) in [7, 11) is 0. The molecule has 0 spiro atoms. The predicted molar refractivity (Wildman–Crippen MR) is 51.2 cm³/mol. The van der Waals surface area contributed by atoms with Gasteiger partial charge in [-0.1, -0.05) is 18.2 Å². The summed E-state index contributed by atoms with van der Waals surface area (Å²) in [5.74, 6) is -0.900. The van der Waals surface area contributed by atoms with Crippen molar-refractivity contribution in [2.45, 2.75) is 6.10 Å². The van der Waals surface area contributed by atoms with Crippen molar-refractivity contribution in [3.05, 3.63) is 30.3 Å². The van der Waals surface area contributed by atoms with Gasteiger partial charge in [-0.2, -0.15) is 0 Å². The molecule has 0 saturated carbocycles. The van der Waals surface area contributed by atoms with Gasteiger partial charge in [0.1, 0.15) is 6.73 Å². The molecule has 74 valence electrons. The molecule has 1 aliphatic rings. The van der Waals surface area contributed by atoms with E-state index in [2.05, 4.69) is 0 Å². The number of hydrogen-bond donors (Lipinski definition) is 1. The summed E-state index contributed by atoms with van der Waals surface area (Å²) in [6, 6.07) is 9.64. The van der Waals surface area contributed by atoms with E-state index in [0.717, 1.165) is 5.69 Å². The molecule has 0 aromatic heterocycles. The smallest absolute Gasteiger partial charge is 0.334 e. The zero-order chi connectivity index (χ0) is 9.97. The highest BCUT2D eigenvalue weighted by atomic mass is 16.5. The van der Waals surface area contributed by atoms with E-state index in [1.807, 2.05) is 35.2 Å². The molecule has 1 heterocycles. The maximum atomic E-state index is 10.6. The Kier molecular flexibility index (Phi) is 2.37. The van der Waals surface area contributed by atoms with Crippen LogP contribution in [-0.4, -0.2) is 30.5 Å². The van der Waals surface area contributed by atoms with Crippen LogP contribution in [0.25, 0.3) is 0 Å². The van der Waals surface area contributed by atoms with Gasteiger partial charge in [0.2, 0.25) is 0 Å². The van der Waals surface area contributed by atoms with Crippen molar-refractivity contribution in [1.82, 2.24) is 0 Å². The zero-order valence-corrected chi connectivity index (χ0v) is 7.59. The van der Waals surface area contributed by atoms with Gasteiger partial charge in [-0.3, -0.25) is 0 Å². The van der Waals surface area contributed by atoms with Gasteiger partial charge in [-0.05, 0) is 12.1 Å². The maximum Gasteiger partial charge on any atom is 0.334 e. The van der Waals surface area contributed by atoms with Crippen LogP contribution in [0.2, 0.25) is 0 Å². The molecule has 1 N–H and O–H groups in total. The summed E-state index contributed by atoms with van der Waals surface area (Å²) in [4.78, 5) is 12.5. The Labute approximate surface area is 81.7 Å². The SMILES string of the molecule is O=C(O)[C@@H]1CN(c2ccccc2)CO1. The van der Waals surface area contributed by atoms with E-state index in [1.165, 1.54) is 0 Å². The Hall–Kier alpha value is -1.55. The summed E-state index contributed by atoms with van der Waals surface area (Å²) < 4.78 is 5.11. The van der Waals surface area contributed by atoms with Gasteiger partial charge in [0.05, 0.1) is 6.54 Å². The molecule has 4 heteroatoms. The third-order valence-electron chi connectivity index (χ3n) is 2.21. The fraction of sp³-hybridized carbons (Fsp3) is 0.300. The van der Waals surface area contributed by atoms with Crippen LogP contribution >= 0.6 is 0 Å². The van der Waals surface area contributed by atoms with Crippen molar-refractivity contribution in [2.24, 2.45) is 0 Å². The third-order valence-corrected chi connectivity index (χ3v) is 2.21. The van der Waals surface area contributed by atoms with Crippen LogP contribution in [0.15, 0.2) is 30.3 Å². The molecule has 0 amide bonds. The zero-order valence-electron chi connectivity index (χ0n) is 7.59. The number of carbonyl (C=O) groups is 1. The Bertz CT molecular complexity index is 325. The lowest BCUT2D eigenvalue weighted by Gasteiger charge is -2.14. The van der Waals surface area contributed by atoms with Crippen molar-refractivity contribution in [3.8, 4) is 0 Å². The fourth-order valence-corrected chi connectivity index (χ4v) is 1.45. The second-order valence-electron chi connectivity index (χ2n) is 3.18. The van der Waals surface area contributed by atoms with Crippen molar-refractivity contribution in [3.63, 3.8) is 0 Å². The second-order valence-corrected chi connectivity index (χ2v) is 3.18. The van der Waals surface area contributed by atoms with Gasteiger partial charge in [0, 0.05) is 5.69 Å². The molecule has 0 unspecified atom stereocenters. The van der Waals surface area contributed by atoms with Gasteiger partial charge < -0.3 is 14.7 Å². The van der Waals surface area contributed by atoms with Gasteiger partial charge in [0.25, 0.3) is 0 Å². The summed E-state index contributed by atoms with van der Waals surface area (Å²) in [6.45, 7) is 0.764. The number of hydrogen-bond acceptors (Lipinski definition) is 3. The normalized spacial score (nSPS) is 21.1. The molecular formula is C10H11NO3. The van der Waals surface area contributed by atoms with Crippen molar-refractivity contribution in [1.29, 1.82) is 0 Å². The number of carboxylic acids is 1. The minimum atomic E-state index is -0.900. The topological polar surface area (TPSA) is 49.8 Å². The Morgan fingerprint density at radius 2 is 2.14 bits per heavy atom. The minimum Gasteiger partial charge on any atom is -0.479 e. The van der Waals surface area contributed by atoms with Crippen LogP contribution in [0, 0.1) is 0 Å². The third kappa shape index (κ3) is 1.70. The molecule has 1 atom stereocenters. The summed E-state index contributed by atoms with van der Waals surface area (Å²) >= 11 is 0. The average Bonchev–Trinajstić information content (AvgIpc) is 2.68. The number of nitrogens with zero attached hydrogens (tertiary/aromatic N) is 1. The first kappa shape index (κ1) is 9.02.